The van der Waals surface area contributed by atoms with E-state index in [1.165, 1.54) is 31.3 Å². The van der Waals surface area contributed by atoms with E-state index in [1.807, 2.05) is 26.8 Å². The lowest BCUT2D eigenvalue weighted by Gasteiger charge is -2.08. The normalized spacial score (nSPS) is 13.5. The summed E-state index contributed by atoms with van der Waals surface area (Å²) in [5.41, 5.74) is 2.36. The van der Waals surface area contributed by atoms with Crippen LogP contribution in [0.2, 0.25) is 0 Å². The number of carbonyl (C=O) groups is 1. The van der Waals surface area contributed by atoms with E-state index in [1.54, 1.807) is 6.08 Å². The van der Waals surface area contributed by atoms with E-state index in [-0.39, 0.29) is 12.1 Å². The van der Waals surface area contributed by atoms with Crippen molar-refractivity contribution in [1.29, 1.82) is 0 Å². The molecule has 0 rings (SSSR count). The van der Waals surface area contributed by atoms with Crippen LogP contribution in [0.1, 0.15) is 73.6 Å². The number of esters is 1. The van der Waals surface area contributed by atoms with Gasteiger partial charge in [0.15, 0.2) is 0 Å². The molecule has 0 aromatic rings. The second-order valence-corrected chi connectivity index (χ2v) is 6.68. The first kappa shape index (κ1) is 20.7. The fraction of sp³-hybridized carbons (Fsp3) is 0.650. The predicted octanol–water partition coefficient (Wildman–Crippen LogP) is 5.99. The minimum Gasteiger partial charge on any atom is -0.460 e. The highest BCUT2D eigenvalue weighted by Crippen LogP contribution is 2.14. The van der Waals surface area contributed by atoms with E-state index in [0.29, 0.717) is 5.92 Å². The van der Waals surface area contributed by atoms with Gasteiger partial charge in [-0.3, -0.25) is 0 Å². The lowest BCUT2D eigenvalue weighted by Crippen LogP contribution is -2.08. The molecule has 2 nitrogen and oxygen atoms in total. The summed E-state index contributed by atoms with van der Waals surface area (Å²) in [5.74, 6) is 0.433. The highest BCUT2D eigenvalue weighted by molar-refractivity contribution is 5.83. The van der Waals surface area contributed by atoms with Crippen molar-refractivity contribution < 1.29 is 9.53 Å². The molecule has 0 aliphatic carbocycles. The zero-order valence-electron chi connectivity index (χ0n) is 15.3. The van der Waals surface area contributed by atoms with Gasteiger partial charge in [-0.25, -0.2) is 4.79 Å². The minimum absolute atomic E-state index is 0.0631. The monoisotopic (exact) mass is 306 g/mol. The molecule has 0 saturated carbocycles. The largest absolute Gasteiger partial charge is 0.460 e. The van der Waals surface area contributed by atoms with Crippen molar-refractivity contribution in [2.24, 2.45) is 5.92 Å². The second kappa shape index (κ2) is 12.3. The van der Waals surface area contributed by atoms with Crippen molar-refractivity contribution in [1.82, 2.24) is 0 Å². The minimum atomic E-state index is -0.260. The summed E-state index contributed by atoms with van der Waals surface area (Å²) in [4.78, 5) is 11.5. The number of rotatable bonds is 10. The summed E-state index contributed by atoms with van der Waals surface area (Å²) in [6.07, 6.45) is 14.1. The summed E-state index contributed by atoms with van der Waals surface area (Å²) in [6.45, 7) is 12.2. The first-order chi connectivity index (χ1) is 10.3. The molecule has 22 heavy (non-hydrogen) atoms. The van der Waals surface area contributed by atoms with E-state index in [9.17, 15) is 4.79 Å². The first-order valence-corrected chi connectivity index (χ1v) is 8.50. The van der Waals surface area contributed by atoms with Crippen molar-refractivity contribution in [3.05, 3.63) is 35.5 Å². The number of carbonyl (C=O) groups excluding carboxylic acids is 1. The molecule has 0 heterocycles. The van der Waals surface area contributed by atoms with Crippen LogP contribution in [0.3, 0.4) is 0 Å². The fourth-order valence-electron chi connectivity index (χ4n) is 2.13. The average molecular weight is 306 g/mol. The SMILES string of the molecule is CC(C)=CCCCCC(C)CC=CC(C)=CC(=O)OC(C)C. The Bertz CT molecular complexity index is 396. The van der Waals surface area contributed by atoms with Crippen molar-refractivity contribution in [3.8, 4) is 0 Å². The quantitative estimate of drug-likeness (QED) is 0.163. The molecule has 0 amide bonds. The number of allylic oxidation sites excluding steroid dienone is 5. The number of unbranched alkanes of at least 4 members (excludes halogenated alkanes) is 2. The Hall–Kier alpha value is -1.31. The molecule has 1 atom stereocenters. The molecule has 0 fully saturated rings. The van der Waals surface area contributed by atoms with Crippen LogP contribution in [0.5, 0.6) is 0 Å². The third kappa shape index (κ3) is 13.7. The summed E-state index contributed by atoms with van der Waals surface area (Å²) < 4.78 is 5.09. The molecule has 0 N–H and O–H groups in total. The van der Waals surface area contributed by atoms with Gasteiger partial charge in [0.05, 0.1) is 6.10 Å². The Kier molecular flexibility index (Phi) is 11.5. The molecule has 0 saturated heterocycles. The zero-order chi connectivity index (χ0) is 17.0. The predicted molar refractivity (Wildman–Crippen MR) is 95.8 cm³/mol. The zero-order valence-corrected chi connectivity index (χ0v) is 15.3. The molecule has 1 unspecified atom stereocenters. The van der Waals surface area contributed by atoms with Crippen LogP contribution in [0.25, 0.3) is 0 Å². The lowest BCUT2D eigenvalue weighted by atomic mass is 9.99. The smallest absolute Gasteiger partial charge is 0.331 e. The van der Waals surface area contributed by atoms with Crippen LogP contribution < -0.4 is 0 Å². The number of ether oxygens (including phenoxy) is 1. The summed E-state index contributed by atoms with van der Waals surface area (Å²) in [6, 6.07) is 0. The molecule has 0 bridgehead atoms. The second-order valence-electron chi connectivity index (χ2n) is 6.68. The van der Waals surface area contributed by atoms with Gasteiger partial charge in [0, 0.05) is 6.08 Å². The number of hydrogen-bond acceptors (Lipinski definition) is 2. The summed E-state index contributed by atoms with van der Waals surface area (Å²) in [5, 5.41) is 0. The molecule has 0 aliphatic heterocycles. The van der Waals surface area contributed by atoms with Gasteiger partial charge < -0.3 is 4.74 Å². The van der Waals surface area contributed by atoms with Gasteiger partial charge in [0.2, 0.25) is 0 Å². The van der Waals surface area contributed by atoms with E-state index in [0.717, 1.165) is 12.0 Å². The standard InChI is InChI=1S/C20H34O2/c1-16(2)11-8-7-9-12-18(5)13-10-14-19(6)15-20(21)22-17(3)4/h10-11,14-15,17-18H,7-9,12-13H2,1-6H3. The number of hydrogen-bond donors (Lipinski definition) is 0. The van der Waals surface area contributed by atoms with Gasteiger partial charge in [0.1, 0.15) is 0 Å². The van der Waals surface area contributed by atoms with Crippen LogP contribution in [-0.4, -0.2) is 12.1 Å². The molecule has 0 spiro atoms. The lowest BCUT2D eigenvalue weighted by molar-refractivity contribution is -0.141. The topological polar surface area (TPSA) is 26.3 Å². The average Bonchev–Trinajstić information content (AvgIpc) is 2.36. The molecular weight excluding hydrogens is 272 g/mol. The van der Waals surface area contributed by atoms with Crippen molar-refractivity contribution >= 4 is 5.97 Å². The van der Waals surface area contributed by atoms with Crippen molar-refractivity contribution in [3.63, 3.8) is 0 Å². The van der Waals surface area contributed by atoms with Crippen molar-refractivity contribution in [2.45, 2.75) is 79.8 Å². The third-order valence-corrected chi connectivity index (χ3v) is 3.32. The van der Waals surface area contributed by atoms with E-state index >= 15 is 0 Å². The van der Waals surface area contributed by atoms with Crippen molar-refractivity contribution in [2.75, 3.05) is 0 Å². The maximum atomic E-state index is 11.5. The molecule has 0 aliphatic rings. The van der Waals surface area contributed by atoms with Crippen LogP contribution >= 0.6 is 0 Å². The van der Waals surface area contributed by atoms with Gasteiger partial charge >= 0.3 is 5.97 Å². The summed E-state index contributed by atoms with van der Waals surface area (Å²) in [7, 11) is 0. The van der Waals surface area contributed by atoms with E-state index in [2.05, 4.69) is 32.9 Å². The fourth-order valence-corrected chi connectivity index (χ4v) is 2.13. The van der Waals surface area contributed by atoms with Gasteiger partial charge in [-0.1, -0.05) is 43.6 Å². The van der Waals surface area contributed by atoms with E-state index in [4.69, 9.17) is 4.74 Å². The Balaban J connectivity index is 3.93. The maximum Gasteiger partial charge on any atom is 0.331 e. The Labute approximate surface area is 137 Å². The molecule has 2 heteroatoms. The molecule has 126 valence electrons. The molecule has 0 aromatic heterocycles. The molecule has 0 radical (unpaired) electrons. The van der Waals surface area contributed by atoms with Crippen LogP contribution in [-0.2, 0) is 9.53 Å². The van der Waals surface area contributed by atoms with Crippen LogP contribution in [0.4, 0.5) is 0 Å². The summed E-state index contributed by atoms with van der Waals surface area (Å²) >= 11 is 0. The van der Waals surface area contributed by atoms with Gasteiger partial charge in [-0.15, -0.1) is 0 Å². The Morgan fingerprint density at radius 2 is 1.77 bits per heavy atom. The highest BCUT2D eigenvalue weighted by atomic mass is 16.5. The van der Waals surface area contributed by atoms with Gasteiger partial charge in [-0.2, -0.15) is 0 Å². The maximum absolute atomic E-state index is 11.5. The van der Waals surface area contributed by atoms with Crippen LogP contribution in [0.15, 0.2) is 35.5 Å². The first-order valence-electron chi connectivity index (χ1n) is 8.50. The Morgan fingerprint density at radius 1 is 1.09 bits per heavy atom. The van der Waals surface area contributed by atoms with E-state index < -0.39 is 0 Å². The van der Waals surface area contributed by atoms with Gasteiger partial charge in [-0.05, 0) is 65.4 Å². The van der Waals surface area contributed by atoms with Crippen LogP contribution in [0, 0.1) is 5.92 Å². The molecular formula is C20H34O2. The van der Waals surface area contributed by atoms with Gasteiger partial charge in [0.25, 0.3) is 0 Å². The Morgan fingerprint density at radius 3 is 2.36 bits per heavy atom. The third-order valence-electron chi connectivity index (χ3n) is 3.32. The molecule has 0 aromatic carbocycles. The highest BCUT2D eigenvalue weighted by Gasteiger charge is 2.02.